The Balaban J connectivity index is 0.00000256. The van der Waals surface area contributed by atoms with Crippen LogP contribution in [0.5, 0.6) is 0 Å². The van der Waals surface area contributed by atoms with Gasteiger partial charge in [0.05, 0.1) is 4.90 Å². The third kappa shape index (κ3) is 6.71. The Bertz CT molecular complexity index is 482. The van der Waals surface area contributed by atoms with E-state index in [0.29, 0.717) is 4.47 Å². The molecule has 1 aromatic carbocycles. The van der Waals surface area contributed by atoms with E-state index < -0.39 is 23.4 Å². The van der Waals surface area contributed by atoms with Gasteiger partial charge in [-0.15, -0.1) is 0 Å². The monoisotopic (exact) mass is 355 g/mol. The molecular formula is C7H7BBrF3KNO2S. The molecule has 0 aliphatic rings. The number of rotatable bonds is 4. The van der Waals surface area contributed by atoms with Crippen LogP contribution in [-0.2, 0) is 10.0 Å². The fourth-order valence-corrected chi connectivity index (χ4v) is 2.59. The van der Waals surface area contributed by atoms with Crippen molar-refractivity contribution < 1.29 is 72.7 Å². The largest absolute Gasteiger partial charge is 1.00 e. The third-order valence-corrected chi connectivity index (χ3v) is 3.53. The minimum Gasteiger partial charge on any atom is -0.448 e. The first kappa shape index (κ1) is 18.1. The maximum absolute atomic E-state index is 11.9. The second-order valence-electron chi connectivity index (χ2n) is 3.02. The molecule has 10 heteroatoms. The summed E-state index contributed by atoms with van der Waals surface area (Å²) in [4.78, 5) is -0.207. The van der Waals surface area contributed by atoms with E-state index in [1.165, 1.54) is 22.9 Å². The fourth-order valence-electron chi connectivity index (χ4n) is 0.922. The van der Waals surface area contributed by atoms with Crippen molar-refractivity contribution in [2.24, 2.45) is 0 Å². The minimum absolute atomic E-state index is 0. The zero-order valence-electron chi connectivity index (χ0n) is 8.83. The number of halogens is 4. The Morgan fingerprint density at radius 1 is 1.29 bits per heavy atom. The molecule has 1 aromatic rings. The molecule has 0 fully saturated rings. The van der Waals surface area contributed by atoms with Crippen molar-refractivity contribution in [2.45, 2.75) is 4.90 Å². The summed E-state index contributed by atoms with van der Waals surface area (Å²) in [6.45, 7) is -5.18. The standard InChI is InChI=1S/C7H7BBrF3NO2S.K/c9-6-2-1-3-7(4-6)16(14,15)13-5-8(10,11)12;/h1-4,13H,5H2;/q-1;+1. The normalized spacial score (nSPS) is 12.0. The van der Waals surface area contributed by atoms with E-state index in [4.69, 9.17) is 0 Å². The van der Waals surface area contributed by atoms with E-state index >= 15 is 0 Å². The van der Waals surface area contributed by atoms with Gasteiger partial charge in [-0.05, 0) is 24.6 Å². The number of benzene rings is 1. The molecule has 1 rings (SSSR count). The molecule has 0 spiro atoms. The summed E-state index contributed by atoms with van der Waals surface area (Å²) in [5.74, 6) is 0. The number of nitrogens with one attached hydrogen (secondary N) is 1. The Kier molecular flexibility index (Phi) is 7.49. The Hall–Kier alpha value is 1.10. The van der Waals surface area contributed by atoms with Crippen LogP contribution in [0.3, 0.4) is 0 Å². The van der Waals surface area contributed by atoms with Gasteiger partial charge in [-0.1, -0.05) is 22.0 Å². The molecule has 1 N–H and O–H groups in total. The molecule has 0 heterocycles. The SMILES string of the molecule is O=S(=O)(NC[B-](F)(F)F)c1cccc(Br)c1.[K+]. The predicted octanol–water partition coefficient (Wildman–Crippen LogP) is -0.882. The van der Waals surface area contributed by atoms with Gasteiger partial charge in [0, 0.05) is 4.47 Å². The van der Waals surface area contributed by atoms with Crippen molar-refractivity contribution >= 4 is 32.9 Å². The number of sulfonamides is 1. The topological polar surface area (TPSA) is 46.2 Å². The van der Waals surface area contributed by atoms with E-state index in [1.54, 1.807) is 6.07 Å². The molecule has 0 aliphatic heterocycles. The van der Waals surface area contributed by atoms with Crippen LogP contribution in [0.15, 0.2) is 33.6 Å². The number of hydrogen-bond acceptors (Lipinski definition) is 2. The van der Waals surface area contributed by atoms with Gasteiger partial charge in [-0.25, -0.2) is 13.1 Å². The van der Waals surface area contributed by atoms with Gasteiger partial charge < -0.3 is 12.9 Å². The molecule has 3 nitrogen and oxygen atoms in total. The van der Waals surface area contributed by atoms with Crippen LogP contribution in [0.1, 0.15) is 0 Å². The summed E-state index contributed by atoms with van der Waals surface area (Å²) in [5.41, 5.74) is 0. The van der Waals surface area contributed by atoms with Crippen LogP contribution in [0.25, 0.3) is 0 Å². The maximum atomic E-state index is 11.9. The molecular weight excluding hydrogens is 349 g/mol. The van der Waals surface area contributed by atoms with E-state index in [9.17, 15) is 21.4 Å². The van der Waals surface area contributed by atoms with Crippen molar-refractivity contribution in [1.29, 1.82) is 0 Å². The van der Waals surface area contributed by atoms with Gasteiger partial charge in [-0.3, -0.25) is 0 Å². The second kappa shape index (κ2) is 7.04. The van der Waals surface area contributed by atoms with E-state index in [2.05, 4.69) is 15.9 Å². The number of hydrogen-bond donors (Lipinski definition) is 1. The minimum atomic E-state index is -5.18. The zero-order chi connectivity index (χ0) is 12.4. The van der Waals surface area contributed by atoms with Crippen LogP contribution >= 0.6 is 15.9 Å². The molecule has 0 aromatic heterocycles. The summed E-state index contributed by atoms with van der Waals surface area (Å²) >= 11 is 3.03. The van der Waals surface area contributed by atoms with Crippen LogP contribution in [-0.4, -0.2) is 21.8 Å². The van der Waals surface area contributed by atoms with Crippen molar-refractivity contribution in [3.63, 3.8) is 0 Å². The molecule has 0 atom stereocenters. The molecule has 0 aliphatic carbocycles. The van der Waals surface area contributed by atoms with Crippen molar-refractivity contribution in [1.82, 2.24) is 4.72 Å². The Morgan fingerprint density at radius 3 is 2.35 bits per heavy atom. The Labute approximate surface area is 148 Å². The smallest absolute Gasteiger partial charge is 0.448 e. The van der Waals surface area contributed by atoms with Gasteiger partial charge >= 0.3 is 58.4 Å². The van der Waals surface area contributed by atoms with E-state index in [-0.39, 0.29) is 56.3 Å². The van der Waals surface area contributed by atoms with Crippen molar-refractivity contribution in [3.8, 4) is 0 Å². The zero-order valence-corrected chi connectivity index (χ0v) is 14.4. The molecule has 0 radical (unpaired) electrons. The first-order valence-electron chi connectivity index (χ1n) is 4.17. The van der Waals surface area contributed by atoms with Gasteiger partial charge in [0.15, 0.2) is 0 Å². The van der Waals surface area contributed by atoms with Crippen LogP contribution in [0.4, 0.5) is 12.9 Å². The van der Waals surface area contributed by atoms with Gasteiger partial charge in [0.1, 0.15) is 0 Å². The van der Waals surface area contributed by atoms with E-state index in [1.807, 2.05) is 0 Å². The summed E-state index contributed by atoms with van der Waals surface area (Å²) in [6, 6.07) is 5.45. The first-order valence-corrected chi connectivity index (χ1v) is 6.44. The average molecular weight is 356 g/mol. The quantitative estimate of drug-likeness (QED) is 0.713. The molecule has 17 heavy (non-hydrogen) atoms. The molecule has 90 valence electrons. The summed E-state index contributed by atoms with van der Waals surface area (Å²) < 4.78 is 60.5. The van der Waals surface area contributed by atoms with Crippen molar-refractivity contribution in [2.75, 3.05) is 6.44 Å². The fraction of sp³-hybridized carbons (Fsp3) is 0.143. The summed E-state index contributed by atoms with van der Waals surface area (Å²) in [6.07, 6.45) is -1.52. The molecule has 0 unspecified atom stereocenters. The van der Waals surface area contributed by atoms with Crippen LogP contribution < -0.4 is 56.1 Å². The summed E-state index contributed by atoms with van der Waals surface area (Å²) in [5, 5.41) is 0. The molecule has 0 saturated carbocycles. The second-order valence-corrected chi connectivity index (χ2v) is 5.70. The van der Waals surface area contributed by atoms with Crippen LogP contribution in [0, 0.1) is 0 Å². The molecule has 0 bridgehead atoms. The van der Waals surface area contributed by atoms with E-state index in [0.717, 1.165) is 0 Å². The summed E-state index contributed by atoms with van der Waals surface area (Å²) in [7, 11) is -4.10. The molecule has 0 saturated heterocycles. The first-order chi connectivity index (χ1) is 7.21. The van der Waals surface area contributed by atoms with Gasteiger partial charge in [0.2, 0.25) is 10.0 Å². The van der Waals surface area contributed by atoms with Crippen LogP contribution in [0.2, 0.25) is 0 Å². The maximum Gasteiger partial charge on any atom is 1.00 e. The Morgan fingerprint density at radius 2 is 1.88 bits per heavy atom. The third-order valence-electron chi connectivity index (χ3n) is 1.61. The van der Waals surface area contributed by atoms with Gasteiger partial charge in [0.25, 0.3) is 0 Å². The van der Waals surface area contributed by atoms with Crippen molar-refractivity contribution in [3.05, 3.63) is 28.7 Å². The molecule has 0 amide bonds. The predicted molar refractivity (Wildman–Crippen MR) is 58.4 cm³/mol. The van der Waals surface area contributed by atoms with Gasteiger partial charge in [-0.2, -0.15) is 0 Å². The average Bonchev–Trinajstić information content (AvgIpc) is 2.14.